The number of nitriles is 1. The van der Waals surface area contributed by atoms with Gasteiger partial charge in [-0.1, -0.05) is 0 Å². The number of benzene rings is 1. The Kier molecular flexibility index (Phi) is 6.29. The maximum atomic E-state index is 12.3. The summed E-state index contributed by atoms with van der Waals surface area (Å²) in [6.45, 7) is 1.43. The number of carbonyl (C=O) groups excluding carboxylic acids is 2. The summed E-state index contributed by atoms with van der Waals surface area (Å²) in [6.07, 6.45) is 2.84. The lowest BCUT2D eigenvalue weighted by Crippen LogP contribution is -2.46. The minimum absolute atomic E-state index is 0.0163. The molecule has 1 aromatic rings. The molecular formula is C19H22N4O6. The number of hydrogen-bond acceptors (Lipinski definition) is 8. The smallest absolute Gasteiger partial charge is 0.338 e. The number of rotatable bonds is 6. The predicted molar refractivity (Wildman–Crippen MR) is 101 cm³/mol. The first-order chi connectivity index (χ1) is 13.9. The molecule has 29 heavy (non-hydrogen) atoms. The highest BCUT2D eigenvalue weighted by Crippen LogP contribution is 2.30. The maximum absolute atomic E-state index is 12.3. The zero-order valence-electron chi connectivity index (χ0n) is 15.9. The quantitative estimate of drug-likeness (QED) is 0.430. The van der Waals surface area contributed by atoms with Crippen LogP contribution in [0.4, 0.5) is 11.4 Å². The molecule has 3 rings (SSSR count). The standard InChI is InChI=1S/C19H22N4O6/c20-13-19(5-1-2-6-19)21-17(24)12-29-18(25)14-3-4-15(16(11-14)23(26)27)22-7-9-28-10-8-22/h3-4,11H,1-2,5-10,12H2,(H,21,24). The van der Waals surface area contributed by atoms with E-state index in [1.807, 2.05) is 4.90 Å². The normalized spacial score (nSPS) is 18.0. The van der Waals surface area contributed by atoms with Gasteiger partial charge < -0.3 is 19.7 Å². The van der Waals surface area contributed by atoms with Crippen molar-refractivity contribution in [3.05, 3.63) is 33.9 Å². The van der Waals surface area contributed by atoms with Gasteiger partial charge in [0.25, 0.3) is 11.6 Å². The Morgan fingerprint density at radius 3 is 2.62 bits per heavy atom. The highest BCUT2D eigenvalue weighted by molar-refractivity contribution is 5.93. The van der Waals surface area contributed by atoms with E-state index in [0.29, 0.717) is 44.8 Å². The number of nitro groups is 1. The van der Waals surface area contributed by atoms with E-state index in [1.54, 1.807) is 0 Å². The largest absolute Gasteiger partial charge is 0.452 e. The molecular weight excluding hydrogens is 380 g/mol. The monoisotopic (exact) mass is 402 g/mol. The third-order valence-electron chi connectivity index (χ3n) is 5.14. The topological polar surface area (TPSA) is 135 Å². The molecule has 0 aromatic heterocycles. The average Bonchev–Trinajstić information content (AvgIpc) is 3.21. The van der Waals surface area contributed by atoms with Gasteiger partial charge in [0.15, 0.2) is 6.61 Å². The summed E-state index contributed by atoms with van der Waals surface area (Å²) in [5.74, 6) is -1.41. The number of hydrogen-bond donors (Lipinski definition) is 1. The van der Waals surface area contributed by atoms with Gasteiger partial charge in [-0.05, 0) is 37.8 Å². The first kappa shape index (κ1) is 20.5. The Morgan fingerprint density at radius 2 is 2.00 bits per heavy atom. The molecule has 1 aliphatic carbocycles. The van der Waals surface area contributed by atoms with Gasteiger partial charge in [-0.25, -0.2) is 4.79 Å². The molecule has 0 atom stereocenters. The van der Waals surface area contributed by atoms with Crippen LogP contribution in [0.15, 0.2) is 18.2 Å². The van der Waals surface area contributed by atoms with Crippen LogP contribution in [-0.2, 0) is 14.3 Å². The number of carbonyl (C=O) groups is 2. The first-order valence-electron chi connectivity index (χ1n) is 9.45. The van der Waals surface area contributed by atoms with Crippen molar-refractivity contribution in [2.75, 3.05) is 37.8 Å². The van der Waals surface area contributed by atoms with Crippen LogP contribution in [0.2, 0.25) is 0 Å². The van der Waals surface area contributed by atoms with E-state index in [4.69, 9.17) is 9.47 Å². The molecule has 1 saturated carbocycles. The van der Waals surface area contributed by atoms with Crippen molar-refractivity contribution in [2.45, 2.75) is 31.2 Å². The zero-order chi connectivity index (χ0) is 20.9. The van der Waals surface area contributed by atoms with Gasteiger partial charge in [0, 0.05) is 19.2 Å². The van der Waals surface area contributed by atoms with Crippen LogP contribution in [0, 0.1) is 21.4 Å². The van der Waals surface area contributed by atoms with Crippen molar-refractivity contribution >= 4 is 23.3 Å². The van der Waals surface area contributed by atoms with Crippen molar-refractivity contribution in [2.24, 2.45) is 0 Å². The van der Waals surface area contributed by atoms with Crippen LogP contribution in [0.1, 0.15) is 36.0 Å². The van der Waals surface area contributed by atoms with Gasteiger partial charge in [0.05, 0.1) is 29.8 Å². The molecule has 1 heterocycles. The Balaban J connectivity index is 1.64. The molecule has 154 valence electrons. The maximum Gasteiger partial charge on any atom is 0.338 e. The number of nitrogens with zero attached hydrogens (tertiary/aromatic N) is 3. The average molecular weight is 402 g/mol. The lowest BCUT2D eigenvalue weighted by atomic mass is 10.00. The van der Waals surface area contributed by atoms with E-state index in [2.05, 4.69) is 11.4 Å². The Bertz CT molecular complexity index is 838. The number of nitro benzene ring substituents is 1. The second-order valence-corrected chi connectivity index (χ2v) is 7.09. The van der Waals surface area contributed by atoms with Crippen molar-refractivity contribution in [1.82, 2.24) is 5.32 Å². The number of nitrogens with one attached hydrogen (secondary N) is 1. The first-order valence-corrected chi connectivity index (χ1v) is 9.45. The van der Waals surface area contributed by atoms with Gasteiger partial charge in [-0.3, -0.25) is 14.9 Å². The van der Waals surface area contributed by atoms with E-state index in [-0.39, 0.29) is 11.3 Å². The molecule has 10 nitrogen and oxygen atoms in total. The molecule has 2 fully saturated rings. The van der Waals surface area contributed by atoms with E-state index >= 15 is 0 Å². The fraction of sp³-hybridized carbons (Fsp3) is 0.526. The summed E-state index contributed by atoms with van der Waals surface area (Å²) in [5.41, 5.74) is -0.718. The fourth-order valence-electron chi connectivity index (χ4n) is 3.63. The molecule has 1 saturated heterocycles. The predicted octanol–water partition coefficient (Wildman–Crippen LogP) is 1.54. The summed E-state index contributed by atoms with van der Waals surface area (Å²) in [4.78, 5) is 37.1. The summed E-state index contributed by atoms with van der Waals surface area (Å²) < 4.78 is 10.3. The molecule has 0 unspecified atom stereocenters. The minimum atomic E-state index is -0.901. The van der Waals surface area contributed by atoms with Crippen LogP contribution in [-0.4, -0.2) is 55.2 Å². The number of morpholine rings is 1. The summed E-state index contributed by atoms with van der Waals surface area (Å²) >= 11 is 0. The third kappa shape index (κ3) is 4.81. The highest BCUT2D eigenvalue weighted by Gasteiger charge is 2.35. The molecule has 10 heteroatoms. The third-order valence-corrected chi connectivity index (χ3v) is 5.14. The molecule has 0 radical (unpaired) electrons. The Hall–Kier alpha value is -3.19. The molecule has 1 amide bonds. The second-order valence-electron chi connectivity index (χ2n) is 7.09. The molecule has 0 bridgehead atoms. The Morgan fingerprint density at radius 1 is 1.31 bits per heavy atom. The van der Waals surface area contributed by atoms with Crippen LogP contribution < -0.4 is 10.2 Å². The lowest BCUT2D eigenvalue weighted by molar-refractivity contribution is -0.384. The van der Waals surface area contributed by atoms with Gasteiger partial charge >= 0.3 is 5.97 Å². The van der Waals surface area contributed by atoms with E-state index in [1.165, 1.54) is 12.1 Å². The van der Waals surface area contributed by atoms with Crippen LogP contribution in [0.3, 0.4) is 0 Å². The SMILES string of the molecule is N#CC1(NC(=O)COC(=O)c2ccc(N3CCOCC3)c([N+](=O)[O-])c2)CCCC1. The van der Waals surface area contributed by atoms with Gasteiger partial charge in [0.2, 0.25) is 0 Å². The molecule has 2 aliphatic rings. The van der Waals surface area contributed by atoms with Crippen molar-refractivity contribution in [1.29, 1.82) is 5.26 Å². The lowest BCUT2D eigenvalue weighted by Gasteiger charge is -2.28. The van der Waals surface area contributed by atoms with E-state index < -0.39 is 28.9 Å². The van der Waals surface area contributed by atoms with Crippen molar-refractivity contribution in [3.63, 3.8) is 0 Å². The van der Waals surface area contributed by atoms with Gasteiger partial charge in [-0.2, -0.15) is 5.26 Å². The number of anilines is 1. The van der Waals surface area contributed by atoms with Crippen LogP contribution >= 0.6 is 0 Å². The molecule has 1 N–H and O–H groups in total. The van der Waals surface area contributed by atoms with Crippen LogP contribution in [0.5, 0.6) is 0 Å². The zero-order valence-corrected chi connectivity index (χ0v) is 15.9. The second kappa shape index (κ2) is 8.87. The van der Waals surface area contributed by atoms with Crippen LogP contribution in [0.25, 0.3) is 0 Å². The molecule has 1 aromatic carbocycles. The Labute approximate surface area is 167 Å². The highest BCUT2D eigenvalue weighted by atomic mass is 16.6. The minimum Gasteiger partial charge on any atom is -0.452 e. The molecule has 0 spiro atoms. The van der Waals surface area contributed by atoms with Crippen molar-refractivity contribution in [3.8, 4) is 6.07 Å². The van der Waals surface area contributed by atoms with Gasteiger partial charge in [-0.15, -0.1) is 0 Å². The summed E-state index contributed by atoms with van der Waals surface area (Å²) in [6, 6.07) is 6.22. The molecule has 1 aliphatic heterocycles. The van der Waals surface area contributed by atoms with Gasteiger partial charge in [0.1, 0.15) is 11.2 Å². The van der Waals surface area contributed by atoms with E-state index in [0.717, 1.165) is 18.9 Å². The number of amides is 1. The van der Waals surface area contributed by atoms with E-state index in [9.17, 15) is 25.0 Å². The summed E-state index contributed by atoms with van der Waals surface area (Å²) in [7, 11) is 0. The summed E-state index contributed by atoms with van der Waals surface area (Å²) in [5, 5.41) is 23.4. The number of esters is 1. The number of ether oxygens (including phenoxy) is 2. The fourth-order valence-corrected chi connectivity index (χ4v) is 3.63. The van der Waals surface area contributed by atoms with Crippen molar-refractivity contribution < 1.29 is 24.0 Å².